The highest BCUT2D eigenvalue weighted by molar-refractivity contribution is 5.79. The zero-order valence-corrected chi connectivity index (χ0v) is 18.4. The molecule has 0 saturated heterocycles. The van der Waals surface area contributed by atoms with Crippen LogP contribution in [0.25, 0.3) is 33.7 Å². The Morgan fingerprint density at radius 2 is 1.76 bits per heavy atom. The van der Waals surface area contributed by atoms with Crippen molar-refractivity contribution in [2.75, 3.05) is 0 Å². The van der Waals surface area contributed by atoms with Crippen LogP contribution in [-0.4, -0.2) is 37.1 Å². The monoisotopic (exact) mass is 464 g/mol. The second-order valence-electron chi connectivity index (χ2n) is 8.87. The molecule has 1 aromatic carbocycles. The second-order valence-corrected chi connectivity index (χ2v) is 8.87. The van der Waals surface area contributed by atoms with E-state index in [1.165, 1.54) is 0 Å². The molecule has 3 aromatic heterocycles. The topological polar surface area (TPSA) is 101 Å². The number of aromatic nitrogens is 4. The Labute approximate surface area is 193 Å². The Morgan fingerprint density at radius 3 is 2.41 bits per heavy atom. The van der Waals surface area contributed by atoms with E-state index in [0.717, 1.165) is 17.7 Å². The molecule has 1 aliphatic carbocycles. The fourth-order valence-corrected chi connectivity index (χ4v) is 4.18. The summed E-state index contributed by atoms with van der Waals surface area (Å²) in [6.07, 6.45) is 5.77. The van der Waals surface area contributed by atoms with Crippen LogP contribution in [0, 0.1) is 17.0 Å². The molecule has 1 aliphatic rings. The van der Waals surface area contributed by atoms with Crippen LogP contribution in [0.4, 0.5) is 8.78 Å². The number of H-pyrrole nitrogens is 1. The van der Waals surface area contributed by atoms with Gasteiger partial charge in [-0.1, -0.05) is 0 Å². The summed E-state index contributed by atoms with van der Waals surface area (Å²) in [5.74, 6) is -1.67. The standard InChI is InChI=1S/C25H22F2N4O3/c1-25(24(32)33)8-6-16(7-9-25)34-22-5-3-14(12-29-22)19-4-2-15(13-28-19)23-30-20-10-17(26)18(27)11-21(20)31-23/h2-5,10-13,16H,6-9H2,1H3,(H,30,31)(H,32,33). The van der Waals surface area contributed by atoms with Crippen LogP contribution in [0.5, 0.6) is 5.88 Å². The Balaban J connectivity index is 1.26. The van der Waals surface area contributed by atoms with Crippen molar-refractivity contribution in [2.24, 2.45) is 5.41 Å². The molecule has 2 N–H and O–H groups in total. The zero-order chi connectivity index (χ0) is 23.9. The lowest BCUT2D eigenvalue weighted by Crippen LogP contribution is -2.36. The molecule has 3 heterocycles. The number of aromatic amines is 1. The molecule has 0 aliphatic heterocycles. The third-order valence-corrected chi connectivity index (χ3v) is 6.43. The summed E-state index contributed by atoms with van der Waals surface area (Å²) in [5, 5.41) is 9.36. The van der Waals surface area contributed by atoms with Gasteiger partial charge in [-0.3, -0.25) is 9.78 Å². The Bertz CT molecular complexity index is 1310. The van der Waals surface area contributed by atoms with Gasteiger partial charge < -0.3 is 14.8 Å². The quantitative estimate of drug-likeness (QED) is 0.411. The summed E-state index contributed by atoms with van der Waals surface area (Å²) < 4.78 is 32.8. The fourth-order valence-electron chi connectivity index (χ4n) is 4.18. The van der Waals surface area contributed by atoms with Crippen LogP contribution in [0.1, 0.15) is 32.6 Å². The number of fused-ring (bicyclic) bond motifs is 1. The van der Waals surface area contributed by atoms with Crippen molar-refractivity contribution < 1.29 is 23.4 Å². The number of hydrogen-bond acceptors (Lipinski definition) is 5. The minimum Gasteiger partial charge on any atom is -0.481 e. The van der Waals surface area contributed by atoms with E-state index in [0.29, 0.717) is 59.7 Å². The highest BCUT2D eigenvalue weighted by atomic mass is 19.2. The molecule has 34 heavy (non-hydrogen) atoms. The normalized spacial score (nSPS) is 20.4. The van der Waals surface area contributed by atoms with Crippen LogP contribution in [0.15, 0.2) is 48.8 Å². The summed E-state index contributed by atoms with van der Waals surface area (Å²) in [5.41, 5.74) is 2.25. The van der Waals surface area contributed by atoms with Gasteiger partial charge in [-0.15, -0.1) is 0 Å². The average molecular weight is 464 g/mol. The third-order valence-electron chi connectivity index (χ3n) is 6.43. The highest BCUT2D eigenvalue weighted by Crippen LogP contribution is 2.37. The third kappa shape index (κ3) is 4.21. The van der Waals surface area contributed by atoms with E-state index < -0.39 is 23.0 Å². The van der Waals surface area contributed by atoms with Gasteiger partial charge >= 0.3 is 5.97 Å². The van der Waals surface area contributed by atoms with Gasteiger partial charge in [0.2, 0.25) is 5.88 Å². The highest BCUT2D eigenvalue weighted by Gasteiger charge is 2.38. The van der Waals surface area contributed by atoms with E-state index in [-0.39, 0.29) is 6.10 Å². The van der Waals surface area contributed by atoms with E-state index in [4.69, 9.17) is 4.74 Å². The van der Waals surface area contributed by atoms with Crippen molar-refractivity contribution in [2.45, 2.75) is 38.7 Å². The number of nitrogens with zero attached hydrogens (tertiary/aromatic N) is 3. The van der Waals surface area contributed by atoms with Crippen LogP contribution >= 0.6 is 0 Å². The van der Waals surface area contributed by atoms with E-state index >= 15 is 0 Å². The summed E-state index contributed by atoms with van der Waals surface area (Å²) >= 11 is 0. The van der Waals surface area contributed by atoms with Gasteiger partial charge in [-0.25, -0.2) is 18.7 Å². The number of ether oxygens (including phenoxy) is 1. The van der Waals surface area contributed by atoms with Gasteiger partial charge in [-0.2, -0.15) is 0 Å². The summed E-state index contributed by atoms with van der Waals surface area (Å²) in [4.78, 5) is 27.5. The van der Waals surface area contributed by atoms with Crippen LogP contribution in [0.2, 0.25) is 0 Å². The first-order valence-electron chi connectivity index (χ1n) is 11.0. The van der Waals surface area contributed by atoms with Gasteiger partial charge in [0.15, 0.2) is 11.6 Å². The average Bonchev–Trinajstić information content (AvgIpc) is 3.24. The molecule has 0 atom stereocenters. The van der Waals surface area contributed by atoms with Crippen molar-refractivity contribution in [3.63, 3.8) is 0 Å². The van der Waals surface area contributed by atoms with Gasteiger partial charge in [0.1, 0.15) is 11.9 Å². The van der Waals surface area contributed by atoms with E-state index in [2.05, 4.69) is 19.9 Å². The van der Waals surface area contributed by atoms with Crippen LogP contribution in [-0.2, 0) is 4.79 Å². The lowest BCUT2D eigenvalue weighted by Gasteiger charge is -2.33. The van der Waals surface area contributed by atoms with E-state index in [9.17, 15) is 18.7 Å². The number of hydrogen-bond donors (Lipinski definition) is 2. The molecular weight excluding hydrogens is 442 g/mol. The number of halogens is 2. The van der Waals surface area contributed by atoms with Gasteiger partial charge in [0.25, 0.3) is 0 Å². The smallest absolute Gasteiger partial charge is 0.309 e. The molecule has 0 spiro atoms. The molecule has 0 radical (unpaired) electrons. The maximum atomic E-state index is 13.4. The maximum Gasteiger partial charge on any atom is 0.309 e. The number of carboxylic acids is 1. The minimum atomic E-state index is -0.943. The zero-order valence-electron chi connectivity index (χ0n) is 18.4. The Hall–Kier alpha value is -3.88. The molecule has 0 unspecified atom stereocenters. The number of rotatable bonds is 5. The van der Waals surface area contributed by atoms with Crippen molar-refractivity contribution >= 4 is 17.0 Å². The molecule has 0 amide bonds. The number of imidazole rings is 1. The summed E-state index contributed by atoms with van der Waals surface area (Å²) in [6, 6.07) is 9.41. The Kier molecular flexibility index (Phi) is 5.47. The van der Waals surface area contributed by atoms with Crippen LogP contribution < -0.4 is 4.74 Å². The lowest BCUT2D eigenvalue weighted by atomic mass is 9.75. The van der Waals surface area contributed by atoms with E-state index in [1.807, 2.05) is 18.2 Å². The van der Waals surface area contributed by atoms with Gasteiger partial charge in [-0.05, 0) is 50.8 Å². The van der Waals surface area contributed by atoms with E-state index in [1.54, 1.807) is 25.4 Å². The van der Waals surface area contributed by atoms with Crippen molar-refractivity contribution in [3.05, 3.63) is 60.4 Å². The molecule has 1 saturated carbocycles. The minimum absolute atomic E-state index is 0.0473. The van der Waals surface area contributed by atoms with Crippen LogP contribution in [0.3, 0.4) is 0 Å². The number of pyridine rings is 2. The molecular formula is C25H22F2N4O3. The maximum absolute atomic E-state index is 13.4. The van der Waals surface area contributed by atoms with Crippen molar-refractivity contribution in [3.8, 4) is 28.5 Å². The van der Waals surface area contributed by atoms with Crippen molar-refractivity contribution in [1.29, 1.82) is 0 Å². The molecule has 0 bridgehead atoms. The second kappa shape index (κ2) is 8.48. The molecule has 4 aromatic rings. The number of nitrogens with one attached hydrogen (secondary N) is 1. The van der Waals surface area contributed by atoms with Gasteiger partial charge in [0.05, 0.1) is 22.1 Å². The number of carbonyl (C=O) groups is 1. The predicted molar refractivity (Wildman–Crippen MR) is 121 cm³/mol. The first-order chi connectivity index (χ1) is 16.3. The summed E-state index contributed by atoms with van der Waals surface area (Å²) in [7, 11) is 0. The number of benzene rings is 1. The lowest BCUT2D eigenvalue weighted by molar-refractivity contribution is -0.150. The van der Waals surface area contributed by atoms with Gasteiger partial charge in [0, 0.05) is 41.7 Å². The SMILES string of the molecule is CC1(C(=O)O)CCC(Oc2ccc(-c3ccc(-c4nc5cc(F)c(F)cc5[nH]4)cn3)cn2)CC1. The van der Waals surface area contributed by atoms with Crippen molar-refractivity contribution in [1.82, 2.24) is 19.9 Å². The number of carboxylic acid groups (broad SMARTS) is 1. The molecule has 174 valence electrons. The predicted octanol–water partition coefficient (Wildman–Crippen LogP) is 5.38. The first kappa shape index (κ1) is 21.9. The Morgan fingerprint density at radius 1 is 1.06 bits per heavy atom. The molecule has 1 fully saturated rings. The molecule has 9 heteroatoms. The molecule has 5 rings (SSSR count). The number of aliphatic carboxylic acids is 1. The first-order valence-corrected chi connectivity index (χ1v) is 11.0. The largest absolute Gasteiger partial charge is 0.481 e. The fraction of sp³-hybridized carbons (Fsp3) is 0.280. The summed E-state index contributed by atoms with van der Waals surface area (Å²) in [6.45, 7) is 1.78. The molecule has 7 nitrogen and oxygen atoms in total.